The van der Waals surface area contributed by atoms with E-state index in [1.54, 1.807) is 19.2 Å². The van der Waals surface area contributed by atoms with Crippen molar-refractivity contribution in [3.8, 4) is 11.5 Å². The summed E-state index contributed by atoms with van der Waals surface area (Å²) < 4.78 is 40.2. The first-order chi connectivity index (χ1) is 12.6. The molecule has 0 atom stereocenters. The third-order valence-electron chi connectivity index (χ3n) is 3.98. The Morgan fingerprint density at radius 3 is 2.67 bits per heavy atom. The number of methoxy groups -OCH3 is 1. The average Bonchev–Trinajstić information content (AvgIpc) is 2.65. The van der Waals surface area contributed by atoms with Gasteiger partial charge in [0, 0.05) is 45.3 Å². The molecule has 0 bridgehead atoms. The highest BCUT2D eigenvalue weighted by molar-refractivity contribution is 14.0. The first-order valence-electron chi connectivity index (χ1n) is 8.48. The van der Waals surface area contributed by atoms with Crippen molar-refractivity contribution in [2.24, 2.45) is 4.99 Å². The molecule has 0 spiro atoms. The van der Waals surface area contributed by atoms with Gasteiger partial charge in [0.15, 0.2) is 5.96 Å². The Balaban J connectivity index is 0.00000364. The highest BCUT2D eigenvalue weighted by Crippen LogP contribution is 2.25. The first kappa shape index (κ1) is 23.6. The van der Waals surface area contributed by atoms with E-state index in [-0.39, 0.29) is 36.3 Å². The quantitative estimate of drug-likeness (QED) is 0.323. The van der Waals surface area contributed by atoms with Gasteiger partial charge in [-0.2, -0.15) is 8.78 Å². The minimum atomic E-state index is -2.88. The summed E-state index contributed by atoms with van der Waals surface area (Å²) in [5.41, 5.74) is 0.556. The van der Waals surface area contributed by atoms with Crippen LogP contribution in [-0.4, -0.2) is 71.0 Å². The largest absolute Gasteiger partial charge is 0.497 e. The topological polar surface area (TPSA) is 67.4 Å². The van der Waals surface area contributed by atoms with Crippen LogP contribution in [0.2, 0.25) is 0 Å². The summed E-state index contributed by atoms with van der Waals surface area (Å²) in [5.74, 6) is 1.26. The van der Waals surface area contributed by atoms with Gasteiger partial charge in [-0.1, -0.05) is 0 Å². The molecule has 2 N–H and O–H groups in total. The van der Waals surface area contributed by atoms with E-state index in [0.717, 1.165) is 39.4 Å². The van der Waals surface area contributed by atoms with Crippen LogP contribution in [-0.2, 0) is 11.3 Å². The van der Waals surface area contributed by atoms with Crippen molar-refractivity contribution in [2.75, 3.05) is 53.6 Å². The molecule has 1 heterocycles. The third kappa shape index (κ3) is 8.43. The lowest BCUT2D eigenvalue weighted by atomic mass is 10.2. The molecule has 1 aromatic carbocycles. The van der Waals surface area contributed by atoms with Crippen LogP contribution >= 0.6 is 24.0 Å². The van der Waals surface area contributed by atoms with E-state index < -0.39 is 6.61 Å². The second kappa shape index (κ2) is 12.9. The van der Waals surface area contributed by atoms with Crippen LogP contribution in [0.5, 0.6) is 11.5 Å². The number of hydrogen-bond acceptors (Lipinski definition) is 5. The molecule has 0 unspecified atom stereocenters. The van der Waals surface area contributed by atoms with Gasteiger partial charge in [0.2, 0.25) is 0 Å². The molecule has 10 heteroatoms. The van der Waals surface area contributed by atoms with E-state index in [2.05, 4.69) is 25.3 Å². The summed E-state index contributed by atoms with van der Waals surface area (Å²) in [6.07, 6.45) is 0. The van der Waals surface area contributed by atoms with Crippen LogP contribution in [0.4, 0.5) is 8.78 Å². The fraction of sp³-hybridized carbons (Fsp3) is 0.588. The fourth-order valence-corrected chi connectivity index (χ4v) is 2.59. The van der Waals surface area contributed by atoms with Gasteiger partial charge in [0.25, 0.3) is 0 Å². The Morgan fingerprint density at radius 2 is 2.04 bits per heavy atom. The standard InChI is InChI=1S/C17H26F2N4O3.HI/c1-20-17(21-5-6-23-7-9-25-10-8-23)22-12-13-11-14(24-2)3-4-15(13)26-16(18)19;/h3-4,11,16H,5-10,12H2,1-2H3,(H2,20,21,22);1H. The zero-order valence-electron chi connectivity index (χ0n) is 15.5. The molecule has 1 aromatic rings. The van der Waals surface area contributed by atoms with Gasteiger partial charge in [0.05, 0.1) is 20.3 Å². The summed E-state index contributed by atoms with van der Waals surface area (Å²) in [7, 11) is 3.18. The maximum atomic E-state index is 12.6. The first-order valence-corrected chi connectivity index (χ1v) is 8.48. The summed E-state index contributed by atoms with van der Waals surface area (Å²) in [6, 6.07) is 4.71. The molecular weight excluding hydrogens is 473 g/mol. The van der Waals surface area contributed by atoms with Crippen LogP contribution in [0.3, 0.4) is 0 Å². The molecule has 1 aliphatic heterocycles. The van der Waals surface area contributed by atoms with Crippen molar-refractivity contribution in [3.63, 3.8) is 0 Å². The van der Waals surface area contributed by atoms with Crippen molar-refractivity contribution >= 4 is 29.9 Å². The normalized spacial score (nSPS) is 15.2. The number of hydrogen-bond donors (Lipinski definition) is 2. The maximum Gasteiger partial charge on any atom is 0.387 e. The third-order valence-corrected chi connectivity index (χ3v) is 3.98. The number of nitrogens with one attached hydrogen (secondary N) is 2. The Kier molecular flexibility index (Phi) is 11.3. The van der Waals surface area contributed by atoms with Gasteiger partial charge in [-0.3, -0.25) is 9.89 Å². The van der Waals surface area contributed by atoms with Crippen molar-refractivity contribution in [1.82, 2.24) is 15.5 Å². The molecule has 1 saturated heterocycles. The second-order valence-corrected chi connectivity index (χ2v) is 5.66. The van der Waals surface area contributed by atoms with Crippen molar-refractivity contribution in [3.05, 3.63) is 23.8 Å². The summed E-state index contributed by atoms with van der Waals surface area (Å²) in [5, 5.41) is 6.32. The van der Waals surface area contributed by atoms with E-state index in [1.165, 1.54) is 13.2 Å². The molecular formula is C17H27F2IN4O3. The van der Waals surface area contributed by atoms with Crippen LogP contribution in [0.15, 0.2) is 23.2 Å². The molecule has 0 aliphatic carbocycles. The van der Waals surface area contributed by atoms with E-state index in [4.69, 9.17) is 9.47 Å². The lowest BCUT2D eigenvalue weighted by Gasteiger charge is -2.26. The molecule has 0 radical (unpaired) electrons. The maximum absolute atomic E-state index is 12.6. The summed E-state index contributed by atoms with van der Waals surface area (Å²) in [6.45, 7) is 2.36. The van der Waals surface area contributed by atoms with Gasteiger partial charge in [0.1, 0.15) is 11.5 Å². The Bertz CT molecular complexity index is 587. The van der Waals surface area contributed by atoms with E-state index in [9.17, 15) is 8.78 Å². The van der Waals surface area contributed by atoms with Crippen molar-refractivity contribution in [1.29, 1.82) is 0 Å². The van der Waals surface area contributed by atoms with Gasteiger partial charge >= 0.3 is 6.61 Å². The van der Waals surface area contributed by atoms with Crippen molar-refractivity contribution in [2.45, 2.75) is 13.2 Å². The predicted octanol–water partition coefficient (Wildman–Crippen LogP) is 1.91. The SMILES string of the molecule is CN=C(NCCN1CCOCC1)NCc1cc(OC)ccc1OC(F)F.I. The second-order valence-electron chi connectivity index (χ2n) is 5.66. The molecule has 0 aromatic heterocycles. The molecule has 154 valence electrons. The van der Waals surface area contributed by atoms with Crippen LogP contribution < -0.4 is 20.1 Å². The number of morpholine rings is 1. The van der Waals surface area contributed by atoms with Gasteiger partial charge in [-0.15, -0.1) is 24.0 Å². The number of ether oxygens (including phenoxy) is 3. The lowest BCUT2D eigenvalue weighted by Crippen LogP contribution is -2.44. The molecule has 1 aliphatic rings. The minimum absolute atomic E-state index is 0. The Labute approximate surface area is 175 Å². The molecule has 0 amide bonds. The predicted molar refractivity (Wildman–Crippen MR) is 111 cm³/mol. The average molecular weight is 500 g/mol. The Hall–Kier alpha value is -1.40. The number of nitrogens with zero attached hydrogens (tertiary/aromatic N) is 2. The smallest absolute Gasteiger partial charge is 0.387 e. The number of alkyl halides is 2. The number of aliphatic imine (C=N–C) groups is 1. The molecule has 1 fully saturated rings. The van der Waals surface area contributed by atoms with E-state index in [0.29, 0.717) is 17.3 Å². The highest BCUT2D eigenvalue weighted by Gasteiger charge is 2.12. The fourth-order valence-electron chi connectivity index (χ4n) is 2.59. The van der Waals surface area contributed by atoms with E-state index in [1.807, 2.05) is 0 Å². The van der Waals surface area contributed by atoms with E-state index >= 15 is 0 Å². The minimum Gasteiger partial charge on any atom is -0.497 e. The van der Waals surface area contributed by atoms with Gasteiger partial charge in [-0.05, 0) is 18.2 Å². The zero-order valence-corrected chi connectivity index (χ0v) is 17.9. The van der Waals surface area contributed by atoms with Crippen LogP contribution in [0.25, 0.3) is 0 Å². The summed E-state index contributed by atoms with van der Waals surface area (Å²) >= 11 is 0. The highest BCUT2D eigenvalue weighted by atomic mass is 127. The molecule has 0 saturated carbocycles. The van der Waals surface area contributed by atoms with Crippen LogP contribution in [0, 0.1) is 0 Å². The monoisotopic (exact) mass is 500 g/mol. The van der Waals surface area contributed by atoms with Gasteiger partial charge < -0.3 is 24.8 Å². The number of benzene rings is 1. The number of halogens is 3. The van der Waals surface area contributed by atoms with Crippen molar-refractivity contribution < 1.29 is 23.0 Å². The number of guanidine groups is 1. The molecule has 27 heavy (non-hydrogen) atoms. The Morgan fingerprint density at radius 1 is 1.30 bits per heavy atom. The molecule has 2 rings (SSSR count). The lowest BCUT2D eigenvalue weighted by molar-refractivity contribution is -0.0504. The number of rotatable bonds is 8. The molecule has 7 nitrogen and oxygen atoms in total. The summed E-state index contributed by atoms with van der Waals surface area (Å²) in [4.78, 5) is 6.46. The van der Waals surface area contributed by atoms with Gasteiger partial charge in [-0.25, -0.2) is 0 Å². The van der Waals surface area contributed by atoms with Crippen LogP contribution in [0.1, 0.15) is 5.56 Å². The zero-order chi connectivity index (χ0) is 18.8.